The van der Waals surface area contributed by atoms with Crippen LogP contribution in [0.1, 0.15) is 16.1 Å². The van der Waals surface area contributed by atoms with E-state index in [9.17, 15) is 9.59 Å². The molecule has 4 rings (SSSR count). The van der Waals surface area contributed by atoms with E-state index in [2.05, 4.69) is 10.3 Å². The van der Waals surface area contributed by atoms with Crippen molar-refractivity contribution >= 4 is 52.1 Å². The molecular formula is C21H14ClN3O3S. The van der Waals surface area contributed by atoms with E-state index in [4.69, 9.17) is 21.8 Å². The summed E-state index contributed by atoms with van der Waals surface area (Å²) in [5.41, 5.74) is 6.89. The zero-order chi connectivity index (χ0) is 20.4. The Balaban J connectivity index is 1.58. The molecule has 1 fully saturated rings. The third-order valence-electron chi connectivity index (χ3n) is 4.05. The van der Waals surface area contributed by atoms with Crippen molar-refractivity contribution < 1.29 is 14.0 Å². The van der Waals surface area contributed by atoms with Gasteiger partial charge in [0.2, 0.25) is 0 Å². The number of carbonyl (C=O) groups excluding carboxylic acids is 2. The van der Waals surface area contributed by atoms with E-state index in [0.717, 1.165) is 17.3 Å². The zero-order valence-electron chi connectivity index (χ0n) is 14.9. The zero-order valence-corrected chi connectivity index (χ0v) is 16.5. The summed E-state index contributed by atoms with van der Waals surface area (Å²) >= 11 is 7.17. The van der Waals surface area contributed by atoms with Crippen molar-refractivity contribution in [1.29, 1.82) is 0 Å². The highest BCUT2D eigenvalue weighted by Crippen LogP contribution is 2.31. The number of halogens is 1. The molecule has 0 radical (unpaired) electrons. The van der Waals surface area contributed by atoms with Gasteiger partial charge in [-0.3, -0.25) is 9.59 Å². The molecule has 6 nitrogen and oxygen atoms in total. The van der Waals surface area contributed by atoms with Gasteiger partial charge in [0.15, 0.2) is 5.17 Å². The number of carbonyl (C=O) groups is 2. The van der Waals surface area contributed by atoms with Crippen molar-refractivity contribution in [3.8, 4) is 11.3 Å². The fourth-order valence-electron chi connectivity index (χ4n) is 2.73. The standard InChI is InChI=1S/C21H14ClN3O3S/c22-13-5-3-4-12(10-13)17-9-8-14(28-17)11-18-20(27)25-21(29-18)24-16-7-2-1-6-15(16)19(23)26/h1-11H,(H2,23,26)(H,24,25,27)/b18-11+. The molecule has 144 valence electrons. The van der Waals surface area contributed by atoms with Crippen LogP contribution in [-0.4, -0.2) is 17.0 Å². The maximum Gasteiger partial charge on any atom is 0.264 e. The molecule has 2 amide bonds. The van der Waals surface area contributed by atoms with Gasteiger partial charge in [-0.2, -0.15) is 0 Å². The summed E-state index contributed by atoms with van der Waals surface area (Å²) in [7, 11) is 0. The van der Waals surface area contributed by atoms with Crippen molar-refractivity contribution in [1.82, 2.24) is 5.32 Å². The predicted molar refractivity (Wildman–Crippen MR) is 115 cm³/mol. The Morgan fingerprint density at radius 3 is 2.76 bits per heavy atom. The highest BCUT2D eigenvalue weighted by Gasteiger charge is 2.25. The van der Waals surface area contributed by atoms with Crippen LogP contribution in [0.5, 0.6) is 0 Å². The monoisotopic (exact) mass is 423 g/mol. The van der Waals surface area contributed by atoms with Gasteiger partial charge in [0, 0.05) is 16.7 Å². The number of hydrogen-bond donors (Lipinski definition) is 2. The molecule has 2 aromatic carbocycles. The number of nitrogens with zero attached hydrogens (tertiary/aromatic N) is 1. The molecule has 1 aromatic heterocycles. The molecule has 0 saturated carbocycles. The van der Waals surface area contributed by atoms with Gasteiger partial charge in [0.25, 0.3) is 11.8 Å². The normalized spacial score (nSPS) is 16.4. The highest BCUT2D eigenvalue weighted by atomic mass is 35.5. The number of furan rings is 1. The van der Waals surface area contributed by atoms with Crippen LogP contribution < -0.4 is 11.1 Å². The summed E-state index contributed by atoms with van der Waals surface area (Å²) < 4.78 is 5.81. The molecule has 0 atom stereocenters. The van der Waals surface area contributed by atoms with E-state index in [1.165, 1.54) is 0 Å². The van der Waals surface area contributed by atoms with E-state index in [0.29, 0.717) is 32.3 Å². The first-order valence-electron chi connectivity index (χ1n) is 8.54. The van der Waals surface area contributed by atoms with Crippen LogP contribution in [0.2, 0.25) is 5.02 Å². The fourth-order valence-corrected chi connectivity index (χ4v) is 3.73. The number of nitrogens with one attached hydrogen (secondary N) is 1. The maximum absolute atomic E-state index is 12.3. The number of aliphatic imine (C=N–C) groups is 1. The van der Waals surface area contributed by atoms with E-state index in [-0.39, 0.29) is 11.5 Å². The summed E-state index contributed by atoms with van der Waals surface area (Å²) in [6.45, 7) is 0. The molecule has 2 heterocycles. The van der Waals surface area contributed by atoms with Crippen LogP contribution in [-0.2, 0) is 4.79 Å². The number of rotatable bonds is 4. The molecule has 0 unspecified atom stereocenters. The molecular weight excluding hydrogens is 410 g/mol. The SMILES string of the molecule is NC(=O)c1ccccc1N=C1NC(=O)/C(=C\c2ccc(-c3cccc(Cl)c3)o2)S1. The average molecular weight is 424 g/mol. The number of benzene rings is 2. The van der Waals surface area contributed by atoms with Crippen LogP contribution in [0.15, 0.2) is 75.0 Å². The van der Waals surface area contributed by atoms with Gasteiger partial charge in [-0.05, 0) is 48.2 Å². The van der Waals surface area contributed by atoms with Crippen LogP contribution in [0.3, 0.4) is 0 Å². The Morgan fingerprint density at radius 1 is 1.14 bits per heavy atom. The Kier molecular flexibility index (Phi) is 5.24. The molecule has 0 bridgehead atoms. The maximum atomic E-state index is 12.3. The van der Waals surface area contributed by atoms with Gasteiger partial charge in [0.05, 0.1) is 16.2 Å². The van der Waals surface area contributed by atoms with Gasteiger partial charge in [0.1, 0.15) is 11.5 Å². The third-order valence-corrected chi connectivity index (χ3v) is 5.20. The minimum Gasteiger partial charge on any atom is -0.457 e. The number of amides is 2. The van der Waals surface area contributed by atoms with E-state index < -0.39 is 5.91 Å². The topological polar surface area (TPSA) is 97.7 Å². The van der Waals surface area contributed by atoms with Gasteiger partial charge in [-0.15, -0.1) is 0 Å². The lowest BCUT2D eigenvalue weighted by atomic mass is 10.2. The minimum absolute atomic E-state index is 0.282. The van der Waals surface area contributed by atoms with Crippen LogP contribution in [0.4, 0.5) is 5.69 Å². The first-order valence-corrected chi connectivity index (χ1v) is 9.73. The van der Waals surface area contributed by atoms with E-state index >= 15 is 0 Å². The van der Waals surface area contributed by atoms with Gasteiger partial charge in [-0.1, -0.05) is 35.9 Å². The molecule has 3 N–H and O–H groups in total. The van der Waals surface area contributed by atoms with E-state index in [1.807, 2.05) is 18.2 Å². The lowest BCUT2D eigenvalue weighted by molar-refractivity contribution is -0.115. The Hall–Kier alpha value is -3.29. The van der Waals surface area contributed by atoms with Crippen LogP contribution >= 0.6 is 23.4 Å². The quantitative estimate of drug-likeness (QED) is 0.599. The van der Waals surface area contributed by atoms with Gasteiger partial charge < -0.3 is 15.5 Å². The summed E-state index contributed by atoms with van der Waals surface area (Å²) in [5, 5.41) is 3.65. The minimum atomic E-state index is -0.584. The Bertz CT molecular complexity index is 1180. The molecule has 1 saturated heterocycles. The first kappa shape index (κ1) is 19.0. The molecule has 29 heavy (non-hydrogen) atoms. The Labute approximate surface area is 175 Å². The number of nitrogens with two attached hydrogens (primary N) is 1. The molecule has 0 aliphatic carbocycles. The van der Waals surface area contributed by atoms with Crippen molar-refractivity contribution in [2.24, 2.45) is 10.7 Å². The van der Waals surface area contributed by atoms with Crippen molar-refractivity contribution in [2.45, 2.75) is 0 Å². The van der Waals surface area contributed by atoms with Crippen LogP contribution in [0, 0.1) is 0 Å². The third kappa shape index (κ3) is 4.26. The second kappa shape index (κ2) is 7.98. The van der Waals surface area contributed by atoms with Crippen molar-refractivity contribution in [2.75, 3.05) is 0 Å². The lowest BCUT2D eigenvalue weighted by Crippen LogP contribution is -2.19. The largest absolute Gasteiger partial charge is 0.457 e. The molecule has 3 aromatic rings. The molecule has 1 aliphatic rings. The highest BCUT2D eigenvalue weighted by molar-refractivity contribution is 8.18. The molecule has 8 heteroatoms. The summed E-state index contributed by atoms with van der Waals surface area (Å²) in [5.74, 6) is 0.286. The summed E-state index contributed by atoms with van der Waals surface area (Å²) in [6, 6.07) is 17.6. The summed E-state index contributed by atoms with van der Waals surface area (Å²) in [4.78, 5) is 28.6. The Morgan fingerprint density at radius 2 is 1.97 bits per heavy atom. The lowest BCUT2D eigenvalue weighted by Gasteiger charge is -2.01. The predicted octanol–water partition coefficient (Wildman–Crippen LogP) is 4.59. The van der Waals surface area contributed by atoms with Crippen LogP contribution in [0.25, 0.3) is 17.4 Å². The number of hydrogen-bond acceptors (Lipinski definition) is 5. The summed E-state index contributed by atoms with van der Waals surface area (Å²) in [6.07, 6.45) is 1.64. The second-order valence-electron chi connectivity index (χ2n) is 6.08. The van der Waals surface area contributed by atoms with Gasteiger partial charge >= 0.3 is 0 Å². The van der Waals surface area contributed by atoms with Crippen molar-refractivity contribution in [3.05, 3.63) is 81.9 Å². The smallest absolute Gasteiger partial charge is 0.264 e. The number of thioether (sulfide) groups is 1. The average Bonchev–Trinajstić information content (AvgIpc) is 3.29. The van der Waals surface area contributed by atoms with Crippen molar-refractivity contribution in [3.63, 3.8) is 0 Å². The number of amidine groups is 1. The molecule has 1 aliphatic heterocycles. The van der Waals surface area contributed by atoms with E-state index in [1.54, 1.807) is 48.5 Å². The van der Waals surface area contributed by atoms with Gasteiger partial charge in [-0.25, -0.2) is 4.99 Å². The number of primary amides is 1. The second-order valence-corrected chi connectivity index (χ2v) is 7.54. The fraction of sp³-hybridized carbons (Fsp3) is 0. The molecule has 0 spiro atoms. The first-order chi connectivity index (χ1) is 14.0. The number of para-hydroxylation sites is 1.